The van der Waals surface area contributed by atoms with Crippen LogP contribution in [0.1, 0.15) is 44.1 Å². The van der Waals surface area contributed by atoms with E-state index in [9.17, 15) is 0 Å². The van der Waals surface area contributed by atoms with Crippen molar-refractivity contribution in [2.24, 2.45) is 5.73 Å². The Morgan fingerprint density at radius 2 is 2.20 bits per heavy atom. The second-order valence-corrected chi connectivity index (χ2v) is 4.60. The standard InChI is InChI=1S/C12H21NO2/c1-9-7-10(8-15-9)11(13)5-6-12(2,3)14-4/h7-8,11H,5-6,13H2,1-4H3. The van der Waals surface area contributed by atoms with Crippen molar-refractivity contribution in [3.8, 4) is 0 Å². The Morgan fingerprint density at radius 3 is 2.67 bits per heavy atom. The van der Waals surface area contributed by atoms with E-state index in [2.05, 4.69) is 13.8 Å². The molecule has 0 aliphatic rings. The van der Waals surface area contributed by atoms with Gasteiger partial charge in [0.05, 0.1) is 11.9 Å². The molecule has 15 heavy (non-hydrogen) atoms. The SMILES string of the molecule is COC(C)(C)CCC(N)c1coc(C)c1. The summed E-state index contributed by atoms with van der Waals surface area (Å²) in [5, 5.41) is 0. The smallest absolute Gasteiger partial charge is 0.101 e. The van der Waals surface area contributed by atoms with Crippen LogP contribution in [0.15, 0.2) is 16.7 Å². The number of furan rings is 1. The van der Waals surface area contributed by atoms with E-state index in [1.165, 1.54) is 0 Å². The van der Waals surface area contributed by atoms with E-state index in [-0.39, 0.29) is 11.6 Å². The first kappa shape index (κ1) is 12.3. The van der Waals surface area contributed by atoms with Gasteiger partial charge in [-0.1, -0.05) is 0 Å². The zero-order chi connectivity index (χ0) is 11.5. The zero-order valence-electron chi connectivity index (χ0n) is 10.0. The summed E-state index contributed by atoms with van der Waals surface area (Å²) in [7, 11) is 1.73. The van der Waals surface area contributed by atoms with Crippen molar-refractivity contribution in [1.29, 1.82) is 0 Å². The normalized spacial score (nSPS) is 14.2. The van der Waals surface area contributed by atoms with Gasteiger partial charge < -0.3 is 14.9 Å². The summed E-state index contributed by atoms with van der Waals surface area (Å²) in [6.07, 6.45) is 3.58. The molecule has 0 aliphatic carbocycles. The minimum atomic E-state index is -0.101. The summed E-state index contributed by atoms with van der Waals surface area (Å²) in [4.78, 5) is 0. The largest absolute Gasteiger partial charge is 0.469 e. The molecule has 0 aromatic carbocycles. The number of hydrogen-bond donors (Lipinski definition) is 1. The quantitative estimate of drug-likeness (QED) is 0.814. The second-order valence-electron chi connectivity index (χ2n) is 4.60. The maximum atomic E-state index is 6.05. The molecule has 1 unspecified atom stereocenters. The lowest BCUT2D eigenvalue weighted by Crippen LogP contribution is -2.24. The highest BCUT2D eigenvalue weighted by atomic mass is 16.5. The molecule has 3 heteroatoms. The highest BCUT2D eigenvalue weighted by Crippen LogP contribution is 2.23. The summed E-state index contributed by atoms with van der Waals surface area (Å²) in [6.45, 7) is 6.07. The van der Waals surface area contributed by atoms with Gasteiger partial charge in [-0.05, 0) is 39.7 Å². The number of rotatable bonds is 5. The van der Waals surface area contributed by atoms with Crippen LogP contribution in [0.4, 0.5) is 0 Å². The van der Waals surface area contributed by atoms with Crippen LogP contribution in [0.3, 0.4) is 0 Å². The third-order valence-corrected chi connectivity index (χ3v) is 2.79. The van der Waals surface area contributed by atoms with E-state index in [0.717, 1.165) is 24.2 Å². The molecule has 0 amide bonds. The molecule has 1 rings (SSSR count). The molecule has 86 valence electrons. The number of aryl methyl sites for hydroxylation is 1. The minimum Gasteiger partial charge on any atom is -0.469 e. The molecule has 0 radical (unpaired) electrons. The van der Waals surface area contributed by atoms with E-state index in [0.29, 0.717) is 0 Å². The van der Waals surface area contributed by atoms with Crippen LogP contribution in [-0.2, 0) is 4.74 Å². The summed E-state index contributed by atoms with van der Waals surface area (Å²) < 4.78 is 10.6. The van der Waals surface area contributed by atoms with E-state index < -0.39 is 0 Å². The summed E-state index contributed by atoms with van der Waals surface area (Å²) in [6, 6.07) is 2.03. The van der Waals surface area contributed by atoms with Crippen LogP contribution in [0, 0.1) is 6.92 Å². The molecule has 0 saturated heterocycles. The third-order valence-electron chi connectivity index (χ3n) is 2.79. The van der Waals surface area contributed by atoms with E-state index in [1.54, 1.807) is 13.4 Å². The van der Waals surface area contributed by atoms with Gasteiger partial charge in [0.15, 0.2) is 0 Å². The van der Waals surface area contributed by atoms with E-state index >= 15 is 0 Å². The molecule has 1 aromatic heterocycles. The van der Waals surface area contributed by atoms with Crippen LogP contribution in [0.25, 0.3) is 0 Å². The first-order chi connectivity index (χ1) is 6.94. The van der Waals surface area contributed by atoms with E-state index in [1.807, 2.05) is 13.0 Å². The monoisotopic (exact) mass is 211 g/mol. The minimum absolute atomic E-state index is 0.0388. The van der Waals surface area contributed by atoms with Crippen LogP contribution >= 0.6 is 0 Å². The molecule has 0 bridgehead atoms. The Bertz CT molecular complexity index is 304. The fraction of sp³-hybridized carbons (Fsp3) is 0.667. The summed E-state index contributed by atoms with van der Waals surface area (Å²) in [5.74, 6) is 0.909. The molecule has 0 spiro atoms. The second kappa shape index (κ2) is 4.81. The van der Waals surface area contributed by atoms with Crippen LogP contribution in [-0.4, -0.2) is 12.7 Å². The van der Waals surface area contributed by atoms with Crippen molar-refractivity contribution in [3.05, 3.63) is 23.7 Å². The molecule has 2 N–H and O–H groups in total. The highest BCUT2D eigenvalue weighted by molar-refractivity contribution is 5.15. The number of nitrogens with two attached hydrogens (primary N) is 1. The van der Waals surface area contributed by atoms with Gasteiger partial charge in [-0.25, -0.2) is 0 Å². The topological polar surface area (TPSA) is 48.4 Å². The van der Waals surface area contributed by atoms with Gasteiger partial charge >= 0.3 is 0 Å². The number of ether oxygens (including phenoxy) is 1. The summed E-state index contributed by atoms with van der Waals surface area (Å²) in [5.41, 5.74) is 7.02. The lowest BCUT2D eigenvalue weighted by Gasteiger charge is -2.24. The predicted octanol–water partition coefficient (Wildman–Crippen LogP) is 2.79. The first-order valence-corrected chi connectivity index (χ1v) is 5.30. The molecular weight excluding hydrogens is 190 g/mol. The maximum Gasteiger partial charge on any atom is 0.101 e. The lowest BCUT2D eigenvalue weighted by molar-refractivity contribution is 0.0125. The highest BCUT2D eigenvalue weighted by Gasteiger charge is 2.18. The third kappa shape index (κ3) is 3.68. The first-order valence-electron chi connectivity index (χ1n) is 5.30. The molecule has 1 aromatic rings. The van der Waals surface area contributed by atoms with Crippen molar-refractivity contribution in [1.82, 2.24) is 0 Å². The van der Waals surface area contributed by atoms with Gasteiger partial charge in [-0.15, -0.1) is 0 Å². The van der Waals surface area contributed by atoms with Crippen LogP contribution < -0.4 is 5.73 Å². The number of methoxy groups -OCH3 is 1. The van der Waals surface area contributed by atoms with E-state index in [4.69, 9.17) is 14.9 Å². The molecule has 1 atom stereocenters. The Balaban J connectivity index is 2.46. The van der Waals surface area contributed by atoms with Gasteiger partial charge in [0.2, 0.25) is 0 Å². The fourth-order valence-electron chi connectivity index (χ4n) is 1.43. The van der Waals surface area contributed by atoms with Gasteiger partial charge in [-0.2, -0.15) is 0 Å². The Kier molecular flexibility index (Phi) is 3.94. The van der Waals surface area contributed by atoms with Gasteiger partial charge in [0, 0.05) is 18.7 Å². The van der Waals surface area contributed by atoms with Crippen LogP contribution in [0.2, 0.25) is 0 Å². The van der Waals surface area contributed by atoms with Gasteiger partial charge in [0.1, 0.15) is 5.76 Å². The van der Waals surface area contributed by atoms with Crippen molar-refractivity contribution in [2.75, 3.05) is 7.11 Å². The fourth-order valence-corrected chi connectivity index (χ4v) is 1.43. The predicted molar refractivity (Wildman–Crippen MR) is 60.7 cm³/mol. The van der Waals surface area contributed by atoms with Gasteiger partial charge in [0.25, 0.3) is 0 Å². The van der Waals surface area contributed by atoms with Gasteiger partial charge in [-0.3, -0.25) is 0 Å². The average molecular weight is 211 g/mol. The van der Waals surface area contributed by atoms with Crippen LogP contribution in [0.5, 0.6) is 0 Å². The molecule has 0 aliphatic heterocycles. The lowest BCUT2D eigenvalue weighted by atomic mass is 9.96. The van der Waals surface area contributed by atoms with Crippen molar-refractivity contribution < 1.29 is 9.15 Å². The molecule has 0 fully saturated rings. The molecular formula is C12H21NO2. The summed E-state index contributed by atoms with van der Waals surface area (Å²) >= 11 is 0. The van der Waals surface area contributed by atoms with Crippen molar-refractivity contribution in [3.63, 3.8) is 0 Å². The van der Waals surface area contributed by atoms with Crippen molar-refractivity contribution >= 4 is 0 Å². The zero-order valence-corrected chi connectivity index (χ0v) is 10.0. The number of hydrogen-bond acceptors (Lipinski definition) is 3. The Morgan fingerprint density at radius 1 is 1.53 bits per heavy atom. The average Bonchev–Trinajstić information content (AvgIpc) is 2.61. The molecule has 3 nitrogen and oxygen atoms in total. The Labute approximate surface area is 91.6 Å². The van der Waals surface area contributed by atoms with Crippen molar-refractivity contribution in [2.45, 2.75) is 45.3 Å². The molecule has 0 saturated carbocycles. The molecule has 1 heterocycles. The Hall–Kier alpha value is -0.800. The maximum absolute atomic E-state index is 6.05.